The Balaban J connectivity index is 3.73. The molecule has 0 saturated carbocycles. The van der Waals surface area contributed by atoms with Gasteiger partial charge in [0.25, 0.3) is 0 Å². The fraction of sp³-hybridized carbons (Fsp3) is 0.667. The van der Waals surface area contributed by atoms with Crippen molar-refractivity contribution in [2.45, 2.75) is 0 Å². The Kier molecular flexibility index (Phi) is 8.90. The Labute approximate surface area is 100 Å². The van der Waals surface area contributed by atoms with Crippen LogP contribution in [0.3, 0.4) is 0 Å². The first kappa shape index (κ1) is 15.2. The van der Waals surface area contributed by atoms with Crippen LogP contribution in [0.15, 0.2) is 0 Å². The minimum Gasteiger partial charge on any atom is -0.464 e. The Morgan fingerprint density at radius 3 is 2.06 bits per heavy atom. The van der Waals surface area contributed by atoms with E-state index in [-0.39, 0.29) is 6.54 Å². The van der Waals surface area contributed by atoms with Crippen molar-refractivity contribution in [2.24, 2.45) is 5.73 Å². The molecule has 0 aliphatic rings. The molecule has 0 bridgehead atoms. The first-order chi connectivity index (χ1) is 7.56. The second-order valence-corrected chi connectivity index (χ2v) is 5.12. The topological polar surface area (TPSA) is 128 Å². The number of amides is 2. The SMILES string of the molecule is NCCSSCCN(NC(=O)O)NC(=O)O. The van der Waals surface area contributed by atoms with Crippen molar-refractivity contribution in [1.82, 2.24) is 16.0 Å². The molecule has 16 heavy (non-hydrogen) atoms. The molecule has 2 amide bonds. The molecule has 0 rings (SSSR count). The van der Waals surface area contributed by atoms with Gasteiger partial charge in [-0.25, -0.2) is 20.4 Å². The van der Waals surface area contributed by atoms with Crippen molar-refractivity contribution in [1.29, 1.82) is 0 Å². The quantitative estimate of drug-likeness (QED) is 0.237. The van der Waals surface area contributed by atoms with Crippen LogP contribution in [0, 0.1) is 0 Å². The lowest BCUT2D eigenvalue weighted by atomic mass is 10.8. The molecule has 8 nitrogen and oxygen atoms in total. The zero-order valence-corrected chi connectivity index (χ0v) is 10.0. The molecule has 10 heteroatoms. The lowest BCUT2D eigenvalue weighted by molar-refractivity contribution is 0.0966. The maximum atomic E-state index is 10.3. The van der Waals surface area contributed by atoms with Crippen molar-refractivity contribution in [3.05, 3.63) is 0 Å². The molecule has 0 aromatic heterocycles. The second kappa shape index (κ2) is 9.39. The van der Waals surface area contributed by atoms with Crippen molar-refractivity contribution in [2.75, 3.05) is 24.6 Å². The maximum Gasteiger partial charge on any atom is 0.420 e. The molecular weight excluding hydrogens is 256 g/mol. The number of hydrazine groups is 2. The summed E-state index contributed by atoms with van der Waals surface area (Å²) in [6.07, 6.45) is -2.65. The number of carbonyl (C=O) groups is 2. The molecule has 0 heterocycles. The summed E-state index contributed by atoms with van der Waals surface area (Å²) in [5.41, 5.74) is 9.10. The summed E-state index contributed by atoms with van der Waals surface area (Å²) in [7, 11) is 3.04. The minimum absolute atomic E-state index is 0.223. The highest BCUT2D eigenvalue weighted by Gasteiger charge is 2.09. The van der Waals surface area contributed by atoms with Gasteiger partial charge in [-0.3, -0.25) is 0 Å². The largest absolute Gasteiger partial charge is 0.464 e. The van der Waals surface area contributed by atoms with E-state index in [1.54, 1.807) is 10.8 Å². The molecule has 0 aliphatic carbocycles. The van der Waals surface area contributed by atoms with Gasteiger partial charge in [0.1, 0.15) is 0 Å². The van der Waals surface area contributed by atoms with Gasteiger partial charge in [-0.1, -0.05) is 21.6 Å². The summed E-state index contributed by atoms with van der Waals surface area (Å²) in [5, 5.41) is 17.7. The molecule has 94 valence electrons. The predicted octanol–water partition coefficient (Wildman–Crippen LogP) is -0.00630. The van der Waals surface area contributed by atoms with E-state index in [2.05, 4.69) is 0 Å². The summed E-state index contributed by atoms with van der Waals surface area (Å²) in [5.74, 6) is 1.36. The number of nitrogens with two attached hydrogens (primary N) is 1. The van der Waals surface area contributed by atoms with Gasteiger partial charge < -0.3 is 15.9 Å². The van der Waals surface area contributed by atoms with E-state index in [9.17, 15) is 9.59 Å². The molecule has 0 aliphatic heterocycles. The maximum absolute atomic E-state index is 10.3. The summed E-state index contributed by atoms with van der Waals surface area (Å²) in [6, 6.07) is 0. The van der Waals surface area contributed by atoms with Gasteiger partial charge in [-0.05, 0) is 0 Å². The number of hydrogen-bond acceptors (Lipinski definition) is 6. The van der Waals surface area contributed by atoms with Gasteiger partial charge in [0.15, 0.2) is 0 Å². The summed E-state index contributed by atoms with van der Waals surface area (Å²) in [4.78, 5) is 20.6. The van der Waals surface area contributed by atoms with Crippen LogP contribution in [-0.4, -0.2) is 52.1 Å². The first-order valence-electron chi connectivity index (χ1n) is 4.27. The third-order valence-corrected chi connectivity index (χ3v) is 3.56. The van der Waals surface area contributed by atoms with E-state index in [0.717, 1.165) is 10.9 Å². The number of nitrogens with zero attached hydrogens (tertiary/aromatic N) is 1. The summed E-state index contributed by atoms with van der Waals surface area (Å²) >= 11 is 0. The van der Waals surface area contributed by atoms with Crippen LogP contribution in [-0.2, 0) is 0 Å². The Morgan fingerprint density at radius 2 is 1.62 bits per heavy atom. The normalized spacial score (nSPS) is 10.1. The predicted molar refractivity (Wildman–Crippen MR) is 63.0 cm³/mol. The number of nitrogens with one attached hydrogen (secondary N) is 2. The molecule has 6 N–H and O–H groups in total. The van der Waals surface area contributed by atoms with Crippen LogP contribution in [0.5, 0.6) is 0 Å². The highest BCUT2D eigenvalue weighted by molar-refractivity contribution is 8.76. The average molecular weight is 270 g/mol. The van der Waals surface area contributed by atoms with Crippen LogP contribution < -0.4 is 16.6 Å². The van der Waals surface area contributed by atoms with E-state index in [1.807, 2.05) is 10.9 Å². The fourth-order valence-electron chi connectivity index (χ4n) is 0.665. The Bertz CT molecular complexity index is 215. The standard InChI is InChI=1S/C6H14N4O4S2/c7-1-3-15-16-4-2-10(8-5(11)12)9-6(13)14/h8-9H,1-4,7H2,(H,11,12)(H,13,14). The summed E-state index contributed by atoms with van der Waals surface area (Å²) < 4.78 is 0. The van der Waals surface area contributed by atoms with Crippen LogP contribution >= 0.6 is 21.6 Å². The van der Waals surface area contributed by atoms with E-state index >= 15 is 0 Å². The van der Waals surface area contributed by atoms with Crippen LogP contribution in [0.25, 0.3) is 0 Å². The van der Waals surface area contributed by atoms with E-state index in [1.165, 1.54) is 10.8 Å². The third kappa shape index (κ3) is 9.71. The molecule has 0 aromatic rings. The highest BCUT2D eigenvalue weighted by atomic mass is 33.1. The highest BCUT2D eigenvalue weighted by Crippen LogP contribution is 2.19. The van der Waals surface area contributed by atoms with Crippen molar-refractivity contribution >= 4 is 33.8 Å². The smallest absolute Gasteiger partial charge is 0.420 e. The first-order valence-corrected chi connectivity index (χ1v) is 6.76. The van der Waals surface area contributed by atoms with Gasteiger partial charge >= 0.3 is 12.2 Å². The van der Waals surface area contributed by atoms with Gasteiger partial charge in [0.2, 0.25) is 0 Å². The second-order valence-electron chi connectivity index (χ2n) is 2.42. The van der Waals surface area contributed by atoms with Gasteiger partial charge in [-0.15, -0.1) is 5.12 Å². The molecule has 0 unspecified atom stereocenters. The van der Waals surface area contributed by atoms with E-state index in [4.69, 9.17) is 15.9 Å². The van der Waals surface area contributed by atoms with Gasteiger partial charge in [0.05, 0.1) is 0 Å². The monoisotopic (exact) mass is 270 g/mol. The molecule has 0 spiro atoms. The summed E-state index contributed by atoms with van der Waals surface area (Å²) in [6.45, 7) is 0.795. The molecular formula is C6H14N4O4S2. The fourth-order valence-corrected chi connectivity index (χ4v) is 2.47. The number of hydrogen-bond donors (Lipinski definition) is 5. The third-order valence-electron chi connectivity index (χ3n) is 1.14. The zero-order chi connectivity index (χ0) is 12.4. The molecule has 0 aromatic carbocycles. The lowest BCUT2D eigenvalue weighted by Gasteiger charge is -2.19. The van der Waals surface area contributed by atoms with Gasteiger partial charge in [-0.2, -0.15) is 0 Å². The zero-order valence-electron chi connectivity index (χ0n) is 8.38. The van der Waals surface area contributed by atoms with Crippen molar-refractivity contribution < 1.29 is 19.8 Å². The number of carboxylic acid groups (broad SMARTS) is 2. The minimum atomic E-state index is -1.33. The van der Waals surface area contributed by atoms with E-state index in [0.29, 0.717) is 12.3 Å². The molecule has 0 atom stereocenters. The van der Waals surface area contributed by atoms with Crippen molar-refractivity contribution in [3.8, 4) is 0 Å². The lowest BCUT2D eigenvalue weighted by Crippen LogP contribution is -2.53. The van der Waals surface area contributed by atoms with Crippen molar-refractivity contribution in [3.63, 3.8) is 0 Å². The van der Waals surface area contributed by atoms with Gasteiger partial charge in [0, 0.05) is 24.6 Å². The Hall–Kier alpha value is -0.840. The molecule has 0 fully saturated rings. The average Bonchev–Trinajstić information content (AvgIpc) is 2.15. The number of rotatable bonds is 8. The van der Waals surface area contributed by atoms with Crippen LogP contribution in [0.1, 0.15) is 0 Å². The van der Waals surface area contributed by atoms with E-state index < -0.39 is 12.2 Å². The van der Waals surface area contributed by atoms with Crippen LogP contribution in [0.2, 0.25) is 0 Å². The van der Waals surface area contributed by atoms with Crippen LogP contribution in [0.4, 0.5) is 9.59 Å². The molecule has 0 radical (unpaired) electrons. The Morgan fingerprint density at radius 1 is 1.12 bits per heavy atom. The molecule has 0 saturated heterocycles.